The van der Waals surface area contributed by atoms with E-state index >= 15 is 0 Å². The minimum absolute atomic E-state index is 0.520. The van der Waals surface area contributed by atoms with Gasteiger partial charge in [0.1, 0.15) is 5.60 Å². The molecule has 108 valence electrons. The van der Waals surface area contributed by atoms with Gasteiger partial charge in [-0.1, -0.05) is 25.4 Å². The van der Waals surface area contributed by atoms with Crippen LogP contribution in [0.2, 0.25) is 5.02 Å². The van der Waals surface area contributed by atoms with Crippen molar-refractivity contribution in [2.24, 2.45) is 0 Å². The number of aryl methyl sites for hydroxylation is 1. The Labute approximate surface area is 120 Å². The van der Waals surface area contributed by atoms with E-state index in [0.29, 0.717) is 11.1 Å². The third-order valence-corrected chi connectivity index (χ3v) is 4.25. The van der Waals surface area contributed by atoms with Crippen LogP contribution in [0.25, 0.3) is 0 Å². The van der Waals surface area contributed by atoms with Gasteiger partial charge in [0.05, 0.1) is 16.9 Å². The van der Waals surface area contributed by atoms with Gasteiger partial charge in [-0.25, -0.2) is 0 Å². The van der Waals surface area contributed by atoms with E-state index in [-0.39, 0.29) is 0 Å². The molecule has 2 N–H and O–H groups in total. The molecule has 1 aromatic heterocycles. The number of hydrogen-bond acceptors (Lipinski definition) is 3. The summed E-state index contributed by atoms with van der Waals surface area (Å²) in [4.78, 5) is 0. The van der Waals surface area contributed by atoms with Crippen LogP contribution in [0, 0.1) is 0 Å². The molecule has 19 heavy (non-hydrogen) atoms. The zero-order valence-corrected chi connectivity index (χ0v) is 12.6. The van der Waals surface area contributed by atoms with Crippen LogP contribution in [0.5, 0.6) is 0 Å². The highest BCUT2D eigenvalue weighted by atomic mass is 35.5. The van der Waals surface area contributed by atoms with Crippen LogP contribution in [-0.2, 0) is 12.1 Å². The maximum atomic E-state index is 10.9. The molecule has 1 heterocycles. The fourth-order valence-corrected chi connectivity index (χ4v) is 3.35. The van der Waals surface area contributed by atoms with E-state index < -0.39 is 5.60 Å². The normalized spacial score (nSPS) is 27.7. The first-order valence-corrected chi connectivity index (χ1v) is 7.66. The van der Waals surface area contributed by atoms with E-state index in [2.05, 4.69) is 24.3 Å². The van der Waals surface area contributed by atoms with Crippen molar-refractivity contribution in [2.45, 2.75) is 64.1 Å². The second-order valence-corrected chi connectivity index (χ2v) is 5.83. The topological polar surface area (TPSA) is 50.1 Å². The van der Waals surface area contributed by atoms with Crippen molar-refractivity contribution in [2.75, 3.05) is 6.54 Å². The van der Waals surface area contributed by atoms with Crippen LogP contribution in [-0.4, -0.2) is 27.5 Å². The summed E-state index contributed by atoms with van der Waals surface area (Å²) < 4.78 is 1.87. The summed E-state index contributed by atoms with van der Waals surface area (Å²) in [5, 5.41) is 19.3. The van der Waals surface area contributed by atoms with Crippen LogP contribution in [0.15, 0.2) is 6.20 Å². The van der Waals surface area contributed by atoms with Crippen LogP contribution in [0.1, 0.15) is 51.6 Å². The molecule has 0 bridgehead atoms. The highest BCUT2D eigenvalue weighted by Gasteiger charge is 2.38. The molecule has 0 aromatic carbocycles. The minimum atomic E-state index is -0.811. The SMILES string of the molecule is CCCn1ncc(Cl)c1C1(O)CCC(NCC)CC1. The Bertz CT molecular complexity index is 411. The van der Waals surface area contributed by atoms with E-state index in [9.17, 15) is 5.11 Å². The summed E-state index contributed by atoms with van der Waals surface area (Å²) in [6.45, 7) is 6.01. The molecular formula is C14H24ClN3O. The molecule has 1 fully saturated rings. The van der Waals surface area contributed by atoms with E-state index in [0.717, 1.165) is 50.9 Å². The van der Waals surface area contributed by atoms with Crippen molar-refractivity contribution >= 4 is 11.6 Å². The monoisotopic (exact) mass is 285 g/mol. The second-order valence-electron chi connectivity index (χ2n) is 5.43. The number of nitrogens with zero attached hydrogens (tertiary/aromatic N) is 2. The summed E-state index contributed by atoms with van der Waals surface area (Å²) >= 11 is 6.24. The lowest BCUT2D eigenvalue weighted by molar-refractivity contribution is -0.0159. The molecule has 0 atom stereocenters. The molecule has 0 spiro atoms. The maximum Gasteiger partial charge on any atom is 0.108 e. The summed E-state index contributed by atoms with van der Waals surface area (Å²) in [5.74, 6) is 0. The Hall–Kier alpha value is -0.580. The zero-order chi connectivity index (χ0) is 13.9. The maximum absolute atomic E-state index is 10.9. The molecule has 0 radical (unpaired) electrons. The van der Waals surface area contributed by atoms with Crippen LogP contribution < -0.4 is 5.32 Å². The molecule has 1 aliphatic carbocycles. The Morgan fingerprint density at radius 3 is 2.74 bits per heavy atom. The fourth-order valence-electron chi connectivity index (χ4n) is 3.03. The average Bonchev–Trinajstić information content (AvgIpc) is 2.75. The molecule has 2 rings (SSSR count). The highest BCUT2D eigenvalue weighted by Crippen LogP contribution is 2.40. The third kappa shape index (κ3) is 3.12. The number of hydrogen-bond donors (Lipinski definition) is 2. The predicted molar refractivity (Wildman–Crippen MR) is 77.4 cm³/mol. The number of rotatable bonds is 5. The number of aromatic nitrogens is 2. The Balaban J connectivity index is 2.15. The van der Waals surface area contributed by atoms with Crippen LogP contribution >= 0.6 is 11.6 Å². The van der Waals surface area contributed by atoms with Gasteiger partial charge in [-0.3, -0.25) is 4.68 Å². The summed E-state index contributed by atoms with van der Waals surface area (Å²) in [7, 11) is 0. The molecule has 4 nitrogen and oxygen atoms in total. The van der Waals surface area contributed by atoms with Gasteiger partial charge in [0.2, 0.25) is 0 Å². The first kappa shape index (κ1) is 14.8. The average molecular weight is 286 g/mol. The molecule has 1 aromatic rings. The van der Waals surface area contributed by atoms with Gasteiger partial charge < -0.3 is 10.4 Å². The van der Waals surface area contributed by atoms with Crippen LogP contribution in [0.4, 0.5) is 0 Å². The molecular weight excluding hydrogens is 262 g/mol. The molecule has 0 unspecified atom stereocenters. The zero-order valence-electron chi connectivity index (χ0n) is 11.8. The number of aliphatic hydroxyl groups is 1. The molecule has 0 aliphatic heterocycles. The quantitative estimate of drug-likeness (QED) is 0.874. The van der Waals surface area contributed by atoms with E-state index in [1.807, 2.05) is 4.68 Å². The van der Waals surface area contributed by atoms with E-state index in [1.165, 1.54) is 0 Å². The Morgan fingerprint density at radius 2 is 2.16 bits per heavy atom. The molecule has 0 saturated heterocycles. The second kappa shape index (κ2) is 6.25. The Kier molecular flexibility index (Phi) is 4.87. The number of halogens is 1. The van der Waals surface area contributed by atoms with Gasteiger partial charge in [-0.15, -0.1) is 0 Å². The fraction of sp³-hybridized carbons (Fsp3) is 0.786. The molecule has 1 saturated carbocycles. The first-order chi connectivity index (χ1) is 9.10. The van der Waals surface area contributed by atoms with Gasteiger partial charge in [-0.05, 0) is 38.6 Å². The highest BCUT2D eigenvalue weighted by molar-refractivity contribution is 6.31. The summed E-state index contributed by atoms with van der Waals surface area (Å²) in [5.41, 5.74) is 0.000240. The van der Waals surface area contributed by atoms with E-state index in [4.69, 9.17) is 11.6 Å². The lowest BCUT2D eigenvalue weighted by Gasteiger charge is -2.36. The smallest absolute Gasteiger partial charge is 0.108 e. The largest absolute Gasteiger partial charge is 0.384 e. The standard InChI is InChI=1S/C14H24ClN3O/c1-3-9-18-13(12(15)10-17-18)14(19)7-5-11(6-8-14)16-4-2/h10-11,16,19H,3-9H2,1-2H3. The van der Waals surface area contributed by atoms with Gasteiger partial charge in [0.15, 0.2) is 0 Å². The Morgan fingerprint density at radius 1 is 1.47 bits per heavy atom. The van der Waals surface area contributed by atoms with Crippen molar-refractivity contribution in [1.29, 1.82) is 0 Å². The van der Waals surface area contributed by atoms with Gasteiger partial charge in [0.25, 0.3) is 0 Å². The van der Waals surface area contributed by atoms with Gasteiger partial charge in [0, 0.05) is 12.6 Å². The van der Waals surface area contributed by atoms with E-state index in [1.54, 1.807) is 6.20 Å². The molecule has 1 aliphatic rings. The lowest BCUT2D eigenvalue weighted by Crippen LogP contribution is -2.41. The van der Waals surface area contributed by atoms with Gasteiger partial charge >= 0.3 is 0 Å². The van der Waals surface area contributed by atoms with Crippen molar-refractivity contribution in [3.8, 4) is 0 Å². The summed E-state index contributed by atoms with van der Waals surface area (Å²) in [6, 6.07) is 0.520. The third-order valence-electron chi connectivity index (χ3n) is 3.98. The lowest BCUT2D eigenvalue weighted by atomic mass is 9.80. The summed E-state index contributed by atoms with van der Waals surface area (Å²) in [6.07, 6.45) is 6.11. The van der Waals surface area contributed by atoms with Crippen LogP contribution in [0.3, 0.4) is 0 Å². The molecule has 0 amide bonds. The predicted octanol–water partition coefficient (Wildman–Crippen LogP) is 2.69. The minimum Gasteiger partial charge on any atom is -0.384 e. The van der Waals surface area contributed by atoms with Crippen molar-refractivity contribution in [1.82, 2.24) is 15.1 Å². The first-order valence-electron chi connectivity index (χ1n) is 7.28. The molecule has 5 heteroatoms. The van der Waals surface area contributed by atoms with Crippen molar-refractivity contribution < 1.29 is 5.11 Å². The number of nitrogens with one attached hydrogen (secondary N) is 1. The van der Waals surface area contributed by atoms with Crippen molar-refractivity contribution in [3.63, 3.8) is 0 Å². The van der Waals surface area contributed by atoms with Gasteiger partial charge in [-0.2, -0.15) is 5.10 Å². The van der Waals surface area contributed by atoms with Crippen molar-refractivity contribution in [3.05, 3.63) is 16.9 Å².